The summed E-state index contributed by atoms with van der Waals surface area (Å²) in [5.74, 6) is 0. The van der Waals surface area contributed by atoms with Gasteiger partial charge in [0.25, 0.3) is 0 Å². The minimum absolute atomic E-state index is 0.921. The molecular formula is C12H13NS. The predicted octanol–water partition coefficient (Wildman–Crippen LogP) is 3.56. The third-order valence-electron chi connectivity index (χ3n) is 1.66. The highest BCUT2D eigenvalue weighted by atomic mass is 32.1. The lowest BCUT2D eigenvalue weighted by Crippen LogP contribution is -1.98. The number of allylic oxidation sites excluding steroid dienone is 4. The van der Waals surface area contributed by atoms with Crippen LogP contribution in [0, 0.1) is 0 Å². The third-order valence-corrected chi connectivity index (χ3v) is 1.91. The van der Waals surface area contributed by atoms with E-state index in [0.29, 0.717) is 0 Å². The van der Waals surface area contributed by atoms with Crippen LogP contribution >= 0.6 is 12.2 Å². The molecule has 0 aliphatic rings. The van der Waals surface area contributed by atoms with Crippen LogP contribution in [0.15, 0.2) is 54.3 Å². The van der Waals surface area contributed by atoms with Crippen molar-refractivity contribution in [1.82, 2.24) is 0 Å². The lowest BCUT2D eigenvalue weighted by molar-refractivity contribution is 1.53. The zero-order valence-electron chi connectivity index (χ0n) is 8.10. The Hall–Kier alpha value is -1.41. The van der Waals surface area contributed by atoms with Crippen molar-refractivity contribution in [2.24, 2.45) is 0 Å². The van der Waals surface area contributed by atoms with Gasteiger partial charge in [0.2, 0.25) is 0 Å². The van der Waals surface area contributed by atoms with Gasteiger partial charge in [-0.3, -0.25) is 0 Å². The predicted molar refractivity (Wildman–Crippen MR) is 66.6 cm³/mol. The van der Waals surface area contributed by atoms with Gasteiger partial charge in [-0.1, -0.05) is 42.6 Å². The van der Waals surface area contributed by atoms with Crippen LogP contribution < -0.4 is 5.32 Å². The van der Waals surface area contributed by atoms with E-state index in [0.717, 1.165) is 11.4 Å². The molecule has 0 fully saturated rings. The Morgan fingerprint density at radius 3 is 2.57 bits per heavy atom. The van der Waals surface area contributed by atoms with Gasteiger partial charge in [-0.05, 0) is 25.1 Å². The first-order valence-corrected chi connectivity index (χ1v) is 4.94. The second kappa shape index (κ2) is 6.11. The first-order valence-electron chi connectivity index (χ1n) is 4.47. The van der Waals surface area contributed by atoms with Gasteiger partial charge in [0.15, 0.2) is 0 Å². The standard InChI is InChI=1S/C12H13NS/c1-2-3-7-12(10-14)13-11-8-5-4-6-9-11/h2-10,13H,1H3/b3-2-,12-7+. The number of hydrogen-bond donors (Lipinski definition) is 1. The van der Waals surface area contributed by atoms with Gasteiger partial charge in [0, 0.05) is 16.8 Å². The summed E-state index contributed by atoms with van der Waals surface area (Å²) in [4.78, 5) is 0. The van der Waals surface area contributed by atoms with Crippen LogP contribution in [-0.2, 0) is 0 Å². The van der Waals surface area contributed by atoms with Gasteiger partial charge < -0.3 is 5.32 Å². The molecular weight excluding hydrogens is 190 g/mol. The molecule has 0 saturated heterocycles. The summed E-state index contributed by atoms with van der Waals surface area (Å²) in [6.45, 7) is 1.97. The molecule has 2 heteroatoms. The molecule has 1 nitrogen and oxygen atoms in total. The van der Waals surface area contributed by atoms with Crippen molar-refractivity contribution < 1.29 is 0 Å². The molecule has 0 bridgehead atoms. The molecule has 0 radical (unpaired) electrons. The Morgan fingerprint density at radius 2 is 2.00 bits per heavy atom. The number of rotatable bonds is 4. The third kappa shape index (κ3) is 3.54. The van der Waals surface area contributed by atoms with Crippen molar-refractivity contribution in [2.75, 3.05) is 5.32 Å². The van der Waals surface area contributed by atoms with E-state index in [2.05, 4.69) is 5.32 Å². The largest absolute Gasteiger partial charge is 0.355 e. The van der Waals surface area contributed by atoms with Crippen LogP contribution in [0.3, 0.4) is 0 Å². The molecule has 1 aromatic rings. The molecule has 1 rings (SSSR count). The average Bonchev–Trinajstić information content (AvgIpc) is 2.25. The van der Waals surface area contributed by atoms with Crippen LogP contribution in [0.2, 0.25) is 0 Å². The van der Waals surface area contributed by atoms with Crippen LogP contribution in [0.5, 0.6) is 0 Å². The molecule has 0 aliphatic heterocycles. The van der Waals surface area contributed by atoms with Crippen molar-refractivity contribution >= 4 is 23.3 Å². The van der Waals surface area contributed by atoms with E-state index in [1.54, 1.807) is 5.37 Å². The lowest BCUT2D eigenvalue weighted by Gasteiger charge is -2.04. The fraction of sp³-hybridized carbons (Fsp3) is 0.0833. The molecule has 0 aromatic heterocycles. The van der Waals surface area contributed by atoms with Gasteiger partial charge >= 0.3 is 0 Å². The first-order chi connectivity index (χ1) is 6.86. The monoisotopic (exact) mass is 203 g/mol. The maximum absolute atomic E-state index is 4.90. The van der Waals surface area contributed by atoms with Crippen molar-refractivity contribution in [3.63, 3.8) is 0 Å². The van der Waals surface area contributed by atoms with Crippen LogP contribution in [0.1, 0.15) is 6.92 Å². The zero-order chi connectivity index (χ0) is 10.2. The Bertz CT molecular complexity index is 339. The molecule has 0 saturated carbocycles. The van der Waals surface area contributed by atoms with Crippen molar-refractivity contribution in [1.29, 1.82) is 0 Å². The number of anilines is 1. The fourth-order valence-corrected chi connectivity index (χ4v) is 1.14. The molecule has 0 amide bonds. The van der Waals surface area contributed by atoms with E-state index < -0.39 is 0 Å². The number of nitrogens with one attached hydrogen (secondary N) is 1. The van der Waals surface area contributed by atoms with Gasteiger partial charge in [-0.25, -0.2) is 0 Å². The first kappa shape index (κ1) is 10.7. The Labute approximate surface area is 90.2 Å². The number of thiocarbonyl (C=S) groups is 1. The quantitative estimate of drug-likeness (QED) is 0.456. The summed E-state index contributed by atoms with van der Waals surface area (Å²) in [7, 11) is 0. The maximum atomic E-state index is 4.90. The van der Waals surface area contributed by atoms with Gasteiger partial charge in [-0.2, -0.15) is 0 Å². The summed E-state index contributed by atoms with van der Waals surface area (Å²) in [5, 5.41) is 4.85. The number of benzene rings is 1. The Morgan fingerprint density at radius 1 is 1.29 bits per heavy atom. The van der Waals surface area contributed by atoms with E-state index in [1.165, 1.54) is 0 Å². The van der Waals surface area contributed by atoms with Crippen molar-refractivity contribution in [3.05, 3.63) is 54.3 Å². The highest BCUT2D eigenvalue weighted by Crippen LogP contribution is 2.07. The van der Waals surface area contributed by atoms with Crippen LogP contribution in [-0.4, -0.2) is 5.37 Å². The van der Waals surface area contributed by atoms with E-state index in [4.69, 9.17) is 12.2 Å². The molecule has 72 valence electrons. The van der Waals surface area contributed by atoms with E-state index in [-0.39, 0.29) is 0 Å². The maximum Gasteiger partial charge on any atom is 0.0493 e. The molecule has 14 heavy (non-hydrogen) atoms. The minimum atomic E-state index is 0.921. The molecule has 0 heterocycles. The highest BCUT2D eigenvalue weighted by molar-refractivity contribution is 7.79. The minimum Gasteiger partial charge on any atom is -0.355 e. The second-order valence-corrected chi connectivity index (χ2v) is 2.99. The average molecular weight is 203 g/mol. The molecule has 1 aromatic carbocycles. The summed E-state index contributed by atoms with van der Waals surface area (Å²) in [6, 6.07) is 9.96. The van der Waals surface area contributed by atoms with E-state index in [1.807, 2.05) is 55.5 Å². The summed E-state index contributed by atoms with van der Waals surface area (Å²) in [5.41, 5.74) is 1.97. The topological polar surface area (TPSA) is 12.0 Å². The SMILES string of the molecule is C/C=C\C=C(/C=S)Nc1ccccc1. The van der Waals surface area contributed by atoms with Gasteiger partial charge in [-0.15, -0.1) is 0 Å². The van der Waals surface area contributed by atoms with Gasteiger partial charge in [0.1, 0.15) is 0 Å². The number of hydrogen-bond acceptors (Lipinski definition) is 2. The summed E-state index contributed by atoms with van der Waals surface area (Å²) in [6.07, 6.45) is 5.86. The fourth-order valence-electron chi connectivity index (χ4n) is 0.998. The normalized spacial score (nSPS) is 11.6. The molecule has 0 aliphatic carbocycles. The molecule has 0 unspecified atom stereocenters. The Balaban J connectivity index is 2.71. The molecule has 0 spiro atoms. The lowest BCUT2D eigenvalue weighted by atomic mass is 10.3. The van der Waals surface area contributed by atoms with E-state index in [9.17, 15) is 0 Å². The molecule has 1 N–H and O–H groups in total. The highest BCUT2D eigenvalue weighted by Gasteiger charge is 1.91. The second-order valence-electron chi connectivity index (χ2n) is 2.76. The van der Waals surface area contributed by atoms with Crippen molar-refractivity contribution in [3.8, 4) is 0 Å². The summed E-state index contributed by atoms with van der Waals surface area (Å²) < 4.78 is 0. The van der Waals surface area contributed by atoms with E-state index >= 15 is 0 Å². The zero-order valence-corrected chi connectivity index (χ0v) is 8.92. The van der Waals surface area contributed by atoms with Crippen molar-refractivity contribution in [2.45, 2.75) is 6.92 Å². The smallest absolute Gasteiger partial charge is 0.0493 e. The summed E-state index contributed by atoms with van der Waals surface area (Å²) >= 11 is 4.90. The van der Waals surface area contributed by atoms with Crippen LogP contribution in [0.25, 0.3) is 0 Å². The number of para-hydroxylation sites is 1. The van der Waals surface area contributed by atoms with Gasteiger partial charge in [0.05, 0.1) is 0 Å². The van der Waals surface area contributed by atoms with Crippen LogP contribution in [0.4, 0.5) is 5.69 Å². The Kier molecular flexibility index (Phi) is 4.65. The molecule has 0 atom stereocenters.